The Hall–Kier alpha value is -1.66. The molecule has 0 aliphatic carbocycles. The summed E-state index contributed by atoms with van der Waals surface area (Å²) in [5, 5.41) is 6.76. The van der Waals surface area contributed by atoms with Crippen LogP contribution in [0.15, 0.2) is 29.3 Å². The average Bonchev–Trinajstić information content (AvgIpc) is 2.58. The number of hydrogen-bond donors (Lipinski definition) is 2. The van der Waals surface area contributed by atoms with Crippen LogP contribution in [0.1, 0.15) is 33.3 Å². The molecular weight excluding hydrogens is 331 g/mol. The highest BCUT2D eigenvalue weighted by atomic mass is 19.1. The van der Waals surface area contributed by atoms with Gasteiger partial charge in [0.25, 0.3) is 0 Å². The van der Waals surface area contributed by atoms with E-state index in [1.165, 1.54) is 12.1 Å². The molecule has 1 heterocycles. The minimum absolute atomic E-state index is 0.000870. The van der Waals surface area contributed by atoms with E-state index in [-0.39, 0.29) is 23.6 Å². The lowest BCUT2D eigenvalue weighted by Gasteiger charge is -2.45. The highest BCUT2D eigenvalue weighted by Crippen LogP contribution is 2.20. The minimum Gasteiger partial charge on any atom is -0.373 e. The zero-order chi connectivity index (χ0) is 19.2. The Bertz CT molecular complexity index is 578. The van der Waals surface area contributed by atoms with E-state index < -0.39 is 0 Å². The Morgan fingerprint density at radius 3 is 2.38 bits per heavy atom. The Morgan fingerprint density at radius 1 is 1.19 bits per heavy atom. The monoisotopic (exact) mass is 364 g/mol. The van der Waals surface area contributed by atoms with Crippen LogP contribution in [-0.4, -0.2) is 61.8 Å². The number of hydrogen-bond acceptors (Lipinski definition) is 3. The number of guanidine groups is 1. The van der Waals surface area contributed by atoms with Gasteiger partial charge in [-0.3, -0.25) is 9.89 Å². The van der Waals surface area contributed by atoms with Crippen molar-refractivity contribution in [3.8, 4) is 0 Å². The first kappa shape index (κ1) is 20.6. The summed E-state index contributed by atoms with van der Waals surface area (Å²) in [5.41, 5.74) is 1.10. The molecule has 1 saturated heterocycles. The molecule has 2 atom stereocenters. The molecule has 1 aliphatic heterocycles. The van der Waals surface area contributed by atoms with Gasteiger partial charge in [0.15, 0.2) is 5.96 Å². The molecule has 1 fully saturated rings. The maximum absolute atomic E-state index is 12.9. The van der Waals surface area contributed by atoms with Crippen LogP contribution in [0.4, 0.5) is 4.39 Å². The van der Waals surface area contributed by atoms with Gasteiger partial charge in [0.2, 0.25) is 0 Å². The summed E-state index contributed by atoms with van der Waals surface area (Å²) in [5.74, 6) is 0.586. The molecular formula is C20H33FN4O. The summed E-state index contributed by atoms with van der Waals surface area (Å²) in [6, 6.07) is 6.62. The zero-order valence-electron chi connectivity index (χ0n) is 16.7. The van der Waals surface area contributed by atoms with Gasteiger partial charge in [-0.05, 0) is 51.8 Å². The zero-order valence-corrected chi connectivity index (χ0v) is 16.7. The van der Waals surface area contributed by atoms with Crippen LogP contribution in [0.2, 0.25) is 0 Å². The summed E-state index contributed by atoms with van der Waals surface area (Å²) in [7, 11) is 1.78. The van der Waals surface area contributed by atoms with E-state index in [0.29, 0.717) is 0 Å². The molecule has 2 rings (SSSR count). The summed E-state index contributed by atoms with van der Waals surface area (Å²) in [4.78, 5) is 6.78. The number of ether oxygens (including phenoxy) is 1. The van der Waals surface area contributed by atoms with E-state index in [1.54, 1.807) is 7.05 Å². The highest BCUT2D eigenvalue weighted by molar-refractivity contribution is 5.79. The molecule has 2 unspecified atom stereocenters. The Kier molecular flexibility index (Phi) is 7.41. The Balaban J connectivity index is 1.79. The number of morpholine rings is 1. The van der Waals surface area contributed by atoms with Crippen LogP contribution >= 0.6 is 0 Å². The first-order valence-corrected chi connectivity index (χ1v) is 9.39. The normalized spacial score (nSPS) is 22.3. The van der Waals surface area contributed by atoms with E-state index in [4.69, 9.17) is 4.74 Å². The molecule has 0 spiro atoms. The lowest BCUT2D eigenvalue weighted by atomic mass is 10.00. The third-order valence-electron chi connectivity index (χ3n) is 4.81. The van der Waals surface area contributed by atoms with Crippen molar-refractivity contribution in [3.63, 3.8) is 0 Å². The second kappa shape index (κ2) is 9.33. The van der Waals surface area contributed by atoms with Crippen LogP contribution < -0.4 is 10.6 Å². The van der Waals surface area contributed by atoms with Gasteiger partial charge in [-0.1, -0.05) is 12.1 Å². The van der Waals surface area contributed by atoms with Crippen LogP contribution in [-0.2, 0) is 11.2 Å². The topological polar surface area (TPSA) is 48.9 Å². The number of nitrogens with one attached hydrogen (secondary N) is 2. The van der Waals surface area contributed by atoms with Crippen molar-refractivity contribution in [2.75, 3.05) is 33.2 Å². The lowest BCUT2D eigenvalue weighted by Crippen LogP contribution is -2.59. The smallest absolute Gasteiger partial charge is 0.191 e. The lowest BCUT2D eigenvalue weighted by molar-refractivity contribution is -0.0946. The molecule has 2 N–H and O–H groups in total. The van der Waals surface area contributed by atoms with Crippen molar-refractivity contribution < 1.29 is 9.13 Å². The van der Waals surface area contributed by atoms with Gasteiger partial charge in [-0.25, -0.2) is 4.39 Å². The van der Waals surface area contributed by atoms with Crippen molar-refractivity contribution in [1.82, 2.24) is 15.5 Å². The fraction of sp³-hybridized carbons (Fsp3) is 0.650. The highest BCUT2D eigenvalue weighted by Gasteiger charge is 2.33. The average molecular weight is 365 g/mol. The van der Waals surface area contributed by atoms with Crippen molar-refractivity contribution in [1.29, 1.82) is 0 Å². The number of benzene rings is 1. The number of nitrogens with zero attached hydrogens (tertiary/aromatic N) is 2. The summed E-state index contributed by atoms with van der Waals surface area (Å²) >= 11 is 0. The van der Waals surface area contributed by atoms with Crippen molar-refractivity contribution >= 4 is 5.96 Å². The van der Waals surface area contributed by atoms with Crippen LogP contribution in [0.25, 0.3) is 0 Å². The second-order valence-corrected chi connectivity index (χ2v) is 7.70. The molecule has 26 heavy (non-hydrogen) atoms. The Morgan fingerprint density at radius 2 is 1.81 bits per heavy atom. The summed E-state index contributed by atoms with van der Waals surface area (Å²) in [6.45, 7) is 12.2. The van der Waals surface area contributed by atoms with Crippen molar-refractivity contribution in [2.45, 2.75) is 51.9 Å². The molecule has 1 aliphatic rings. The minimum atomic E-state index is -0.201. The molecule has 0 saturated carbocycles. The van der Waals surface area contributed by atoms with Crippen molar-refractivity contribution in [3.05, 3.63) is 35.6 Å². The number of halogens is 1. The van der Waals surface area contributed by atoms with Crippen molar-refractivity contribution in [2.24, 2.45) is 4.99 Å². The third kappa shape index (κ3) is 6.25. The number of rotatable bonds is 6. The van der Waals surface area contributed by atoms with Gasteiger partial charge in [-0.2, -0.15) is 0 Å². The molecule has 1 aromatic carbocycles. The SMILES string of the molecule is CN=C(NCCc1ccc(F)cc1)NCC(C)(C)N1CC(C)OC(C)C1. The van der Waals surface area contributed by atoms with Gasteiger partial charge in [0.05, 0.1) is 12.2 Å². The fourth-order valence-corrected chi connectivity index (χ4v) is 3.28. The first-order valence-electron chi connectivity index (χ1n) is 9.39. The van der Waals surface area contributed by atoms with Crippen LogP contribution in [0, 0.1) is 5.82 Å². The quantitative estimate of drug-likeness (QED) is 0.601. The van der Waals surface area contributed by atoms with Crippen LogP contribution in [0.3, 0.4) is 0 Å². The van der Waals surface area contributed by atoms with E-state index in [1.807, 2.05) is 12.1 Å². The largest absolute Gasteiger partial charge is 0.373 e. The second-order valence-electron chi connectivity index (χ2n) is 7.70. The predicted octanol–water partition coefficient (Wildman–Crippen LogP) is 2.42. The van der Waals surface area contributed by atoms with Gasteiger partial charge in [0.1, 0.15) is 5.82 Å². The van der Waals surface area contributed by atoms with E-state index >= 15 is 0 Å². The molecule has 0 radical (unpaired) electrons. The number of aliphatic imine (C=N–C) groups is 1. The molecule has 0 amide bonds. The van der Waals surface area contributed by atoms with Gasteiger partial charge >= 0.3 is 0 Å². The molecule has 0 aromatic heterocycles. The maximum atomic E-state index is 12.9. The standard InChI is InChI=1S/C20H33FN4O/c1-15-12-25(13-16(2)26-15)20(3,4)14-24-19(22-5)23-11-10-17-6-8-18(21)9-7-17/h6-9,15-16H,10-14H2,1-5H3,(H2,22,23,24). The first-order chi connectivity index (χ1) is 12.3. The third-order valence-corrected chi connectivity index (χ3v) is 4.81. The predicted molar refractivity (Wildman–Crippen MR) is 105 cm³/mol. The van der Waals surface area contributed by atoms with Gasteiger partial charge in [-0.15, -0.1) is 0 Å². The molecule has 146 valence electrons. The molecule has 5 nitrogen and oxygen atoms in total. The van der Waals surface area contributed by atoms with E-state index in [9.17, 15) is 4.39 Å². The molecule has 1 aromatic rings. The van der Waals surface area contributed by atoms with E-state index in [2.05, 4.69) is 48.2 Å². The van der Waals surface area contributed by atoms with E-state index in [0.717, 1.165) is 44.1 Å². The molecule has 6 heteroatoms. The fourth-order valence-electron chi connectivity index (χ4n) is 3.28. The van der Waals surface area contributed by atoms with Crippen LogP contribution in [0.5, 0.6) is 0 Å². The molecule has 0 bridgehead atoms. The Labute approximate surface area is 157 Å². The maximum Gasteiger partial charge on any atom is 0.191 e. The summed E-state index contributed by atoms with van der Waals surface area (Å²) in [6.07, 6.45) is 1.33. The van der Waals surface area contributed by atoms with Gasteiger partial charge in [0, 0.05) is 38.8 Å². The van der Waals surface area contributed by atoms with Gasteiger partial charge < -0.3 is 15.4 Å². The summed E-state index contributed by atoms with van der Waals surface area (Å²) < 4.78 is 18.8.